The maximum Gasteiger partial charge on any atom is 0.0963 e. The number of fused-ring (bicyclic) bond motifs is 6. The van der Waals surface area contributed by atoms with E-state index >= 15 is 0 Å². The first-order valence-corrected chi connectivity index (χ1v) is 13.5. The van der Waals surface area contributed by atoms with Crippen LogP contribution in [0.2, 0.25) is 0 Å². The van der Waals surface area contributed by atoms with E-state index < -0.39 is 0 Å². The minimum atomic E-state index is 0.447. The standard InChI is InChI=1S/C35H26N4/c1-23-7-4-9-29-34-32(12-6-22-37-34)39(35(23)29)27-19-15-25(16-20-27)24-13-17-26(18-14-24)38-30-10-3-2-8-28(30)33-31(38)11-5-21-36-33/h2-6,8-23H,7H2,1H3. The fourth-order valence-corrected chi connectivity index (χ4v) is 6.25. The van der Waals surface area contributed by atoms with Crippen molar-refractivity contribution in [1.29, 1.82) is 0 Å². The molecule has 0 amide bonds. The highest BCUT2D eigenvalue weighted by Gasteiger charge is 2.24. The van der Waals surface area contributed by atoms with E-state index in [4.69, 9.17) is 4.98 Å². The first-order chi connectivity index (χ1) is 19.3. The smallest absolute Gasteiger partial charge is 0.0963 e. The van der Waals surface area contributed by atoms with Crippen molar-refractivity contribution < 1.29 is 0 Å². The van der Waals surface area contributed by atoms with Crippen LogP contribution in [0.5, 0.6) is 0 Å². The summed E-state index contributed by atoms with van der Waals surface area (Å²) in [6, 6.07) is 34.6. The summed E-state index contributed by atoms with van der Waals surface area (Å²) in [4.78, 5) is 9.40. The zero-order valence-electron chi connectivity index (χ0n) is 21.6. The summed E-state index contributed by atoms with van der Waals surface area (Å²) in [7, 11) is 0. The molecule has 0 fully saturated rings. The molecular weight excluding hydrogens is 476 g/mol. The lowest BCUT2D eigenvalue weighted by Gasteiger charge is -2.19. The van der Waals surface area contributed by atoms with Crippen LogP contribution in [0.25, 0.3) is 61.5 Å². The first-order valence-electron chi connectivity index (χ1n) is 13.5. The number of rotatable bonds is 3. The van der Waals surface area contributed by atoms with Crippen molar-refractivity contribution in [3.05, 3.63) is 127 Å². The van der Waals surface area contributed by atoms with E-state index in [-0.39, 0.29) is 0 Å². The van der Waals surface area contributed by atoms with Gasteiger partial charge in [0.1, 0.15) is 0 Å². The lowest BCUT2D eigenvalue weighted by molar-refractivity contribution is 0.723. The van der Waals surface area contributed by atoms with E-state index in [1.807, 2.05) is 24.5 Å². The van der Waals surface area contributed by atoms with Crippen LogP contribution < -0.4 is 0 Å². The molecule has 0 saturated carbocycles. The van der Waals surface area contributed by atoms with Gasteiger partial charge in [-0.1, -0.05) is 61.5 Å². The number of hydrogen-bond donors (Lipinski definition) is 0. The van der Waals surface area contributed by atoms with Crippen LogP contribution in [0.15, 0.2) is 116 Å². The predicted octanol–water partition coefficient (Wildman–Crippen LogP) is 8.71. The van der Waals surface area contributed by atoms with E-state index in [2.05, 4.69) is 118 Å². The summed E-state index contributed by atoms with van der Waals surface area (Å²) < 4.78 is 4.70. The predicted molar refractivity (Wildman–Crippen MR) is 161 cm³/mol. The molecule has 4 nitrogen and oxygen atoms in total. The van der Waals surface area contributed by atoms with Crippen LogP contribution in [-0.2, 0) is 0 Å². The largest absolute Gasteiger partial charge is 0.311 e. The van der Waals surface area contributed by atoms with Crippen LogP contribution in [0.4, 0.5) is 0 Å². The van der Waals surface area contributed by atoms with E-state index in [1.165, 1.54) is 44.5 Å². The van der Waals surface area contributed by atoms with E-state index in [9.17, 15) is 0 Å². The van der Waals surface area contributed by atoms with E-state index in [1.54, 1.807) is 0 Å². The number of para-hydroxylation sites is 1. The van der Waals surface area contributed by atoms with Crippen molar-refractivity contribution in [2.75, 3.05) is 0 Å². The van der Waals surface area contributed by atoms with Crippen LogP contribution >= 0.6 is 0 Å². The van der Waals surface area contributed by atoms with Gasteiger partial charge < -0.3 is 9.13 Å². The average molecular weight is 503 g/mol. The van der Waals surface area contributed by atoms with E-state index in [0.717, 1.165) is 28.7 Å². The number of aromatic nitrogens is 4. The number of nitrogens with zero attached hydrogens (tertiary/aromatic N) is 4. The SMILES string of the molecule is CC1CC=Cc2c1n(-c1ccc(-c3ccc(-n4c5ccccc5c5ncccc54)cc3)cc1)c1cccnc21. The highest BCUT2D eigenvalue weighted by molar-refractivity contribution is 6.06. The van der Waals surface area contributed by atoms with Gasteiger partial charge >= 0.3 is 0 Å². The molecule has 4 aromatic heterocycles. The molecule has 4 heterocycles. The lowest BCUT2D eigenvalue weighted by Crippen LogP contribution is -2.06. The quantitative estimate of drug-likeness (QED) is 0.242. The molecule has 7 aromatic rings. The third-order valence-electron chi connectivity index (χ3n) is 8.05. The minimum absolute atomic E-state index is 0.447. The summed E-state index contributed by atoms with van der Waals surface area (Å²) in [5, 5.41) is 1.17. The molecule has 0 aliphatic heterocycles. The number of pyridine rings is 2. The topological polar surface area (TPSA) is 35.6 Å². The van der Waals surface area contributed by atoms with Gasteiger partial charge in [0.05, 0.1) is 27.6 Å². The molecule has 1 aliphatic carbocycles. The van der Waals surface area contributed by atoms with Crippen LogP contribution in [0.1, 0.15) is 30.5 Å². The van der Waals surface area contributed by atoms with Crippen molar-refractivity contribution in [2.24, 2.45) is 0 Å². The highest BCUT2D eigenvalue weighted by atomic mass is 15.0. The third kappa shape index (κ3) is 3.31. The maximum absolute atomic E-state index is 4.73. The summed E-state index contributed by atoms with van der Waals surface area (Å²) >= 11 is 0. The molecule has 39 heavy (non-hydrogen) atoms. The lowest BCUT2D eigenvalue weighted by atomic mass is 9.94. The maximum atomic E-state index is 4.73. The van der Waals surface area contributed by atoms with Crippen molar-refractivity contribution in [3.63, 3.8) is 0 Å². The highest BCUT2D eigenvalue weighted by Crippen LogP contribution is 2.38. The molecule has 186 valence electrons. The summed E-state index contributed by atoms with van der Waals surface area (Å²) in [5.41, 5.74) is 12.9. The zero-order chi connectivity index (χ0) is 25.9. The summed E-state index contributed by atoms with van der Waals surface area (Å²) in [6.07, 6.45) is 9.32. The van der Waals surface area contributed by atoms with Crippen molar-refractivity contribution in [3.8, 4) is 22.5 Å². The van der Waals surface area contributed by atoms with Gasteiger partial charge in [-0.2, -0.15) is 0 Å². The Morgan fingerprint density at radius 3 is 1.92 bits per heavy atom. The second-order valence-corrected chi connectivity index (χ2v) is 10.4. The van der Waals surface area contributed by atoms with Gasteiger partial charge in [0.2, 0.25) is 0 Å². The Labute approximate surface area is 226 Å². The Morgan fingerprint density at radius 1 is 0.615 bits per heavy atom. The fraction of sp³-hybridized carbons (Fsp3) is 0.0857. The molecular formula is C35H26N4. The van der Waals surface area contributed by atoms with Gasteiger partial charge in [-0.05, 0) is 72.1 Å². The molecule has 4 heteroatoms. The molecule has 0 N–H and O–H groups in total. The van der Waals surface area contributed by atoms with Crippen LogP contribution in [0.3, 0.4) is 0 Å². The average Bonchev–Trinajstić information content (AvgIpc) is 3.52. The Bertz CT molecular complexity index is 1990. The first kappa shape index (κ1) is 22.1. The third-order valence-corrected chi connectivity index (χ3v) is 8.05. The number of allylic oxidation sites excluding steroid dienone is 1. The molecule has 1 aliphatic rings. The Kier molecular flexibility index (Phi) is 4.83. The molecule has 0 radical (unpaired) electrons. The summed E-state index contributed by atoms with van der Waals surface area (Å²) in [5.74, 6) is 0.447. The summed E-state index contributed by atoms with van der Waals surface area (Å²) in [6.45, 7) is 2.31. The number of benzene rings is 3. The molecule has 0 bridgehead atoms. The Morgan fingerprint density at radius 2 is 1.21 bits per heavy atom. The van der Waals surface area contributed by atoms with Gasteiger partial charge in [-0.25, -0.2) is 0 Å². The molecule has 1 unspecified atom stereocenters. The Hall–Kier alpha value is -4.96. The Balaban J connectivity index is 1.19. The van der Waals surface area contributed by atoms with E-state index in [0.29, 0.717) is 5.92 Å². The fourth-order valence-electron chi connectivity index (χ4n) is 6.25. The second kappa shape index (κ2) is 8.53. The van der Waals surface area contributed by atoms with Crippen LogP contribution in [-0.4, -0.2) is 19.1 Å². The van der Waals surface area contributed by atoms with Gasteiger partial charge in [0.15, 0.2) is 0 Å². The molecule has 0 spiro atoms. The van der Waals surface area contributed by atoms with Gasteiger partial charge in [0.25, 0.3) is 0 Å². The van der Waals surface area contributed by atoms with Gasteiger partial charge in [-0.15, -0.1) is 0 Å². The number of hydrogen-bond acceptors (Lipinski definition) is 2. The zero-order valence-corrected chi connectivity index (χ0v) is 21.6. The second-order valence-electron chi connectivity index (χ2n) is 10.4. The molecule has 1 atom stereocenters. The van der Waals surface area contributed by atoms with Crippen LogP contribution in [0, 0.1) is 0 Å². The minimum Gasteiger partial charge on any atom is -0.311 e. The van der Waals surface area contributed by atoms with Crippen molar-refractivity contribution >= 4 is 39.0 Å². The van der Waals surface area contributed by atoms with Crippen molar-refractivity contribution in [1.82, 2.24) is 19.1 Å². The molecule has 8 rings (SSSR count). The molecule has 0 saturated heterocycles. The molecule has 3 aromatic carbocycles. The van der Waals surface area contributed by atoms with Gasteiger partial charge in [0, 0.05) is 46.3 Å². The normalized spacial score (nSPS) is 14.8. The monoisotopic (exact) mass is 502 g/mol. The van der Waals surface area contributed by atoms with Crippen molar-refractivity contribution in [2.45, 2.75) is 19.3 Å². The van der Waals surface area contributed by atoms with Gasteiger partial charge in [-0.3, -0.25) is 9.97 Å².